The molecule has 0 atom stereocenters. The molecule has 0 fully saturated rings. The number of aryl methyl sites for hydroxylation is 1. The fourth-order valence-electron chi connectivity index (χ4n) is 2.69. The zero-order valence-corrected chi connectivity index (χ0v) is 15.4. The summed E-state index contributed by atoms with van der Waals surface area (Å²) in [6.45, 7) is 5.09. The molecule has 3 rings (SSSR count). The van der Waals surface area contributed by atoms with Crippen LogP contribution < -0.4 is 14.2 Å². The van der Waals surface area contributed by atoms with Gasteiger partial charge >= 0.3 is 0 Å². The Kier molecular flexibility index (Phi) is 5.74. The third kappa shape index (κ3) is 4.33. The average Bonchev–Trinajstić information content (AvgIpc) is 2.68. The van der Waals surface area contributed by atoms with Gasteiger partial charge in [-0.1, -0.05) is 18.2 Å². The summed E-state index contributed by atoms with van der Waals surface area (Å²) >= 11 is 0. The van der Waals surface area contributed by atoms with Crippen molar-refractivity contribution in [3.05, 3.63) is 72.1 Å². The Balaban J connectivity index is 1.73. The molecule has 0 unspecified atom stereocenters. The molecule has 26 heavy (non-hydrogen) atoms. The van der Waals surface area contributed by atoms with Gasteiger partial charge < -0.3 is 14.2 Å². The number of methoxy groups -OCH3 is 1. The van der Waals surface area contributed by atoms with E-state index in [1.807, 2.05) is 68.7 Å². The fourth-order valence-corrected chi connectivity index (χ4v) is 2.69. The average molecular weight is 349 g/mol. The molecule has 0 saturated heterocycles. The van der Waals surface area contributed by atoms with E-state index in [1.165, 1.54) is 0 Å². The summed E-state index contributed by atoms with van der Waals surface area (Å²) in [5, 5.41) is 0. The minimum Gasteiger partial charge on any atom is -0.494 e. The molecular weight excluding hydrogens is 326 g/mol. The predicted octanol–water partition coefficient (Wildman–Crippen LogP) is 5.04. The lowest BCUT2D eigenvalue weighted by Gasteiger charge is -2.12. The highest BCUT2D eigenvalue weighted by Gasteiger charge is 2.06. The molecule has 3 aromatic rings. The molecule has 0 aliphatic heterocycles. The molecule has 0 bridgehead atoms. The van der Waals surface area contributed by atoms with Crippen LogP contribution in [0.2, 0.25) is 0 Å². The van der Waals surface area contributed by atoms with Crippen molar-refractivity contribution in [3.63, 3.8) is 0 Å². The maximum Gasteiger partial charge on any atom is 0.161 e. The Bertz CT molecular complexity index is 860. The minimum absolute atomic E-state index is 0.428. The predicted molar refractivity (Wildman–Crippen MR) is 103 cm³/mol. The minimum atomic E-state index is 0.428. The van der Waals surface area contributed by atoms with Crippen LogP contribution >= 0.6 is 0 Å². The van der Waals surface area contributed by atoms with Crippen LogP contribution in [0, 0.1) is 6.92 Å². The largest absolute Gasteiger partial charge is 0.494 e. The molecule has 0 spiro atoms. The molecule has 0 aliphatic rings. The topological polar surface area (TPSA) is 40.6 Å². The van der Waals surface area contributed by atoms with Gasteiger partial charge in [0.1, 0.15) is 12.4 Å². The van der Waals surface area contributed by atoms with E-state index < -0.39 is 0 Å². The quantitative estimate of drug-likeness (QED) is 0.599. The monoisotopic (exact) mass is 349 g/mol. The summed E-state index contributed by atoms with van der Waals surface area (Å²) in [6, 6.07) is 16.0. The first-order valence-corrected chi connectivity index (χ1v) is 8.64. The van der Waals surface area contributed by atoms with Gasteiger partial charge in [0.2, 0.25) is 0 Å². The number of pyridine rings is 1. The number of ether oxygens (including phenoxy) is 3. The molecule has 0 amide bonds. The number of hydrogen-bond donors (Lipinski definition) is 0. The van der Waals surface area contributed by atoms with Crippen molar-refractivity contribution in [3.8, 4) is 28.4 Å². The Hall–Kier alpha value is -3.01. The zero-order chi connectivity index (χ0) is 18.4. The van der Waals surface area contributed by atoms with Gasteiger partial charge in [0.15, 0.2) is 11.5 Å². The van der Waals surface area contributed by atoms with Gasteiger partial charge in [-0.2, -0.15) is 0 Å². The Labute approximate surface area is 154 Å². The third-order valence-electron chi connectivity index (χ3n) is 4.01. The number of rotatable bonds is 7. The van der Waals surface area contributed by atoms with Gasteiger partial charge in [-0.25, -0.2) is 0 Å². The van der Waals surface area contributed by atoms with Crippen LogP contribution in [-0.4, -0.2) is 18.7 Å². The van der Waals surface area contributed by atoms with Gasteiger partial charge in [-0.3, -0.25) is 4.98 Å². The number of hydrogen-bond acceptors (Lipinski definition) is 4. The Morgan fingerprint density at radius 1 is 0.846 bits per heavy atom. The zero-order valence-electron chi connectivity index (χ0n) is 15.4. The van der Waals surface area contributed by atoms with Crippen LogP contribution in [0.4, 0.5) is 0 Å². The lowest BCUT2D eigenvalue weighted by atomic mass is 10.1. The van der Waals surface area contributed by atoms with Crippen molar-refractivity contribution >= 4 is 0 Å². The first-order chi connectivity index (χ1) is 12.7. The van der Waals surface area contributed by atoms with Crippen LogP contribution in [0.15, 0.2) is 60.9 Å². The molecule has 0 saturated carbocycles. The van der Waals surface area contributed by atoms with Crippen LogP contribution in [0.25, 0.3) is 11.1 Å². The SMILES string of the molecule is CCOc1ccc(-c2cncc(COc3ccc(C)cc3OC)c2)cc1. The van der Waals surface area contributed by atoms with Crippen molar-refractivity contribution in [2.75, 3.05) is 13.7 Å². The van der Waals surface area contributed by atoms with E-state index in [4.69, 9.17) is 14.2 Å². The van der Waals surface area contributed by atoms with Crippen molar-refractivity contribution < 1.29 is 14.2 Å². The molecule has 0 radical (unpaired) electrons. The van der Waals surface area contributed by atoms with E-state index in [0.29, 0.717) is 13.2 Å². The smallest absolute Gasteiger partial charge is 0.161 e. The van der Waals surface area contributed by atoms with Crippen molar-refractivity contribution in [2.45, 2.75) is 20.5 Å². The molecule has 0 N–H and O–H groups in total. The van der Waals surface area contributed by atoms with Gasteiger partial charge in [0, 0.05) is 23.5 Å². The summed E-state index contributed by atoms with van der Waals surface area (Å²) in [5.41, 5.74) is 4.27. The number of nitrogens with zero attached hydrogens (tertiary/aromatic N) is 1. The van der Waals surface area contributed by atoms with Crippen molar-refractivity contribution in [2.24, 2.45) is 0 Å². The highest BCUT2D eigenvalue weighted by atomic mass is 16.5. The summed E-state index contributed by atoms with van der Waals surface area (Å²) in [5.74, 6) is 2.33. The number of aromatic nitrogens is 1. The molecule has 1 aromatic heterocycles. The van der Waals surface area contributed by atoms with Crippen LogP contribution in [-0.2, 0) is 6.61 Å². The summed E-state index contributed by atoms with van der Waals surface area (Å²) in [7, 11) is 1.65. The second-order valence-electron chi connectivity index (χ2n) is 5.98. The van der Waals surface area contributed by atoms with Gasteiger partial charge in [0.25, 0.3) is 0 Å². The Morgan fingerprint density at radius 2 is 1.65 bits per heavy atom. The highest BCUT2D eigenvalue weighted by Crippen LogP contribution is 2.29. The van der Waals surface area contributed by atoms with E-state index in [-0.39, 0.29) is 0 Å². The second-order valence-corrected chi connectivity index (χ2v) is 5.98. The van der Waals surface area contributed by atoms with Gasteiger partial charge in [0.05, 0.1) is 13.7 Å². The molecule has 134 valence electrons. The lowest BCUT2D eigenvalue weighted by molar-refractivity contribution is 0.284. The highest BCUT2D eigenvalue weighted by molar-refractivity contribution is 5.63. The van der Waals surface area contributed by atoms with Crippen LogP contribution in [0.1, 0.15) is 18.1 Å². The van der Waals surface area contributed by atoms with E-state index in [1.54, 1.807) is 7.11 Å². The van der Waals surface area contributed by atoms with Gasteiger partial charge in [-0.05, 0) is 55.3 Å². The summed E-state index contributed by atoms with van der Waals surface area (Å²) in [6.07, 6.45) is 3.67. The maximum atomic E-state index is 5.93. The third-order valence-corrected chi connectivity index (χ3v) is 4.01. The van der Waals surface area contributed by atoms with Crippen molar-refractivity contribution in [1.82, 2.24) is 4.98 Å². The van der Waals surface area contributed by atoms with Crippen molar-refractivity contribution in [1.29, 1.82) is 0 Å². The van der Waals surface area contributed by atoms with E-state index in [9.17, 15) is 0 Å². The molecule has 4 nitrogen and oxygen atoms in total. The van der Waals surface area contributed by atoms with E-state index in [0.717, 1.165) is 39.5 Å². The second kappa shape index (κ2) is 8.39. The van der Waals surface area contributed by atoms with Crippen LogP contribution in [0.3, 0.4) is 0 Å². The first kappa shape index (κ1) is 17.8. The normalized spacial score (nSPS) is 10.4. The molecule has 2 aromatic carbocycles. The van der Waals surface area contributed by atoms with E-state index in [2.05, 4.69) is 11.1 Å². The standard InChI is InChI=1S/C22H23NO3/c1-4-25-20-8-6-18(7-9-20)19-12-17(13-23-14-19)15-26-21-10-5-16(2)11-22(21)24-3/h5-14H,4,15H2,1-3H3. The molecule has 0 aliphatic carbocycles. The fraction of sp³-hybridized carbons (Fsp3) is 0.227. The summed E-state index contributed by atoms with van der Waals surface area (Å²) in [4.78, 5) is 4.35. The maximum absolute atomic E-state index is 5.93. The van der Waals surface area contributed by atoms with Gasteiger partial charge in [-0.15, -0.1) is 0 Å². The Morgan fingerprint density at radius 3 is 2.38 bits per heavy atom. The lowest BCUT2D eigenvalue weighted by Crippen LogP contribution is -1.99. The first-order valence-electron chi connectivity index (χ1n) is 8.64. The molecule has 1 heterocycles. The number of benzene rings is 2. The van der Waals surface area contributed by atoms with E-state index >= 15 is 0 Å². The summed E-state index contributed by atoms with van der Waals surface area (Å²) < 4.78 is 16.8. The molecule has 4 heteroatoms. The van der Waals surface area contributed by atoms with Crippen LogP contribution in [0.5, 0.6) is 17.2 Å². The molecular formula is C22H23NO3.